The van der Waals surface area contributed by atoms with Crippen molar-refractivity contribution in [1.82, 2.24) is 5.32 Å². The van der Waals surface area contributed by atoms with E-state index in [1.807, 2.05) is 7.05 Å². The van der Waals surface area contributed by atoms with Gasteiger partial charge in [0, 0.05) is 12.5 Å². The highest BCUT2D eigenvalue weighted by Gasteiger charge is 2.10. The summed E-state index contributed by atoms with van der Waals surface area (Å²) < 4.78 is 0. The highest BCUT2D eigenvalue weighted by Crippen LogP contribution is 2.23. The van der Waals surface area contributed by atoms with Crippen molar-refractivity contribution >= 4 is 0 Å². The smallest absolute Gasteiger partial charge is 0.0320 e. The minimum Gasteiger partial charge on any atom is -0.313 e. The van der Waals surface area contributed by atoms with Crippen LogP contribution in [0, 0.1) is 26.2 Å². The Bertz CT molecular complexity index is 374. The number of hydrogen-bond donors (Lipinski definition) is 1. The van der Waals surface area contributed by atoms with E-state index in [4.69, 9.17) is 6.42 Å². The molecule has 86 valence electrons. The summed E-state index contributed by atoms with van der Waals surface area (Å²) >= 11 is 0. The highest BCUT2D eigenvalue weighted by atomic mass is 14.9. The molecule has 1 N–H and O–H groups in total. The molecule has 1 unspecified atom stereocenters. The number of rotatable bonds is 5. The summed E-state index contributed by atoms with van der Waals surface area (Å²) in [7, 11) is 2.01. The number of hydrogen-bond acceptors (Lipinski definition) is 1. The van der Waals surface area contributed by atoms with Crippen LogP contribution < -0.4 is 5.32 Å². The van der Waals surface area contributed by atoms with Crippen LogP contribution in [0.5, 0.6) is 0 Å². The van der Waals surface area contributed by atoms with Gasteiger partial charge < -0.3 is 5.32 Å². The van der Waals surface area contributed by atoms with Gasteiger partial charge in [-0.25, -0.2) is 0 Å². The third-order valence-electron chi connectivity index (χ3n) is 2.96. The van der Waals surface area contributed by atoms with Gasteiger partial charge in [0.15, 0.2) is 0 Å². The maximum absolute atomic E-state index is 5.27. The fourth-order valence-electron chi connectivity index (χ4n) is 2.08. The predicted octanol–water partition coefficient (Wildman–Crippen LogP) is 3.37. The second-order valence-corrected chi connectivity index (χ2v) is 4.30. The number of nitrogens with one attached hydrogen (secondary N) is 1. The monoisotopic (exact) mass is 215 g/mol. The van der Waals surface area contributed by atoms with Gasteiger partial charge in [-0.3, -0.25) is 0 Å². The first-order valence-corrected chi connectivity index (χ1v) is 5.87. The van der Waals surface area contributed by atoms with Crippen molar-refractivity contribution in [3.63, 3.8) is 0 Å². The molecule has 0 aromatic heterocycles. The molecule has 0 aliphatic rings. The van der Waals surface area contributed by atoms with Gasteiger partial charge in [0.1, 0.15) is 0 Å². The van der Waals surface area contributed by atoms with Gasteiger partial charge in [0.2, 0.25) is 0 Å². The van der Waals surface area contributed by atoms with E-state index in [2.05, 4.69) is 43.3 Å². The minimum atomic E-state index is 0.425. The van der Waals surface area contributed by atoms with Crippen LogP contribution in [0.3, 0.4) is 0 Å². The molecule has 0 aliphatic heterocycles. The lowest BCUT2D eigenvalue weighted by molar-refractivity contribution is 0.530. The molecule has 0 radical (unpaired) electrons. The molecule has 0 saturated heterocycles. The topological polar surface area (TPSA) is 12.0 Å². The van der Waals surface area contributed by atoms with Crippen molar-refractivity contribution < 1.29 is 0 Å². The lowest BCUT2D eigenvalue weighted by atomic mass is 9.95. The van der Waals surface area contributed by atoms with E-state index < -0.39 is 0 Å². The highest BCUT2D eigenvalue weighted by molar-refractivity contribution is 5.32. The second-order valence-electron chi connectivity index (χ2n) is 4.30. The molecule has 0 saturated carbocycles. The molecule has 1 rings (SSSR count). The molecule has 16 heavy (non-hydrogen) atoms. The van der Waals surface area contributed by atoms with Crippen molar-refractivity contribution in [2.75, 3.05) is 7.05 Å². The van der Waals surface area contributed by atoms with Crippen molar-refractivity contribution in [3.8, 4) is 12.3 Å². The quantitative estimate of drug-likeness (QED) is 0.586. The van der Waals surface area contributed by atoms with E-state index in [0.717, 1.165) is 19.3 Å². The average molecular weight is 215 g/mol. The second kappa shape index (κ2) is 6.35. The Balaban J connectivity index is 2.75. The Hall–Kier alpha value is -1.26. The molecule has 0 bridgehead atoms. The summed E-state index contributed by atoms with van der Waals surface area (Å²) in [6, 6.07) is 7.06. The Kier molecular flexibility index (Phi) is 5.08. The van der Waals surface area contributed by atoms with Gasteiger partial charge >= 0.3 is 0 Å². The molecule has 0 heterocycles. The van der Waals surface area contributed by atoms with Crippen LogP contribution in [0.15, 0.2) is 18.2 Å². The summed E-state index contributed by atoms with van der Waals surface area (Å²) in [5.74, 6) is 2.69. The van der Waals surface area contributed by atoms with Crippen LogP contribution in [0.2, 0.25) is 0 Å². The van der Waals surface area contributed by atoms with Crippen molar-refractivity contribution in [2.24, 2.45) is 0 Å². The molecule has 1 nitrogen and oxygen atoms in total. The molecule has 0 aliphatic carbocycles. The molecule has 1 heteroatoms. The van der Waals surface area contributed by atoms with Crippen LogP contribution in [-0.2, 0) is 0 Å². The van der Waals surface area contributed by atoms with E-state index in [-0.39, 0.29) is 0 Å². The first-order valence-electron chi connectivity index (χ1n) is 5.87. The number of aryl methyl sites for hydroxylation is 2. The van der Waals surface area contributed by atoms with Crippen molar-refractivity contribution in [2.45, 2.75) is 39.2 Å². The van der Waals surface area contributed by atoms with E-state index in [9.17, 15) is 0 Å². The fourth-order valence-corrected chi connectivity index (χ4v) is 2.08. The molecule has 1 aromatic rings. The van der Waals surface area contributed by atoms with Crippen molar-refractivity contribution in [1.29, 1.82) is 0 Å². The van der Waals surface area contributed by atoms with E-state index in [1.54, 1.807) is 0 Å². The Labute approximate surface area is 99.3 Å². The van der Waals surface area contributed by atoms with Crippen LogP contribution in [0.1, 0.15) is 42.0 Å². The summed E-state index contributed by atoms with van der Waals surface area (Å²) in [5.41, 5.74) is 4.07. The Morgan fingerprint density at radius 3 is 2.69 bits per heavy atom. The number of terminal acetylenes is 1. The summed E-state index contributed by atoms with van der Waals surface area (Å²) in [4.78, 5) is 0. The third-order valence-corrected chi connectivity index (χ3v) is 2.96. The summed E-state index contributed by atoms with van der Waals surface area (Å²) in [6.07, 6.45) is 8.32. The fraction of sp³-hybridized carbons (Fsp3) is 0.467. The van der Waals surface area contributed by atoms with Gasteiger partial charge in [-0.15, -0.1) is 12.3 Å². The maximum Gasteiger partial charge on any atom is 0.0320 e. The Morgan fingerprint density at radius 2 is 2.12 bits per heavy atom. The third kappa shape index (κ3) is 3.40. The van der Waals surface area contributed by atoms with Crippen LogP contribution >= 0.6 is 0 Å². The first-order chi connectivity index (χ1) is 7.69. The SMILES string of the molecule is C#CCCCC(NC)c1ccc(C)cc1C. The van der Waals surface area contributed by atoms with Gasteiger partial charge in [-0.1, -0.05) is 23.8 Å². The molecular weight excluding hydrogens is 194 g/mol. The van der Waals surface area contributed by atoms with Crippen LogP contribution in [0.25, 0.3) is 0 Å². The average Bonchev–Trinajstić information content (AvgIpc) is 2.26. The van der Waals surface area contributed by atoms with E-state index in [1.165, 1.54) is 16.7 Å². The zero-order chi connectivity index (χ0) is 12.0. The van der Waals surface area contributed by atoms with Gasteiger partial charge in [0.05, 0.1) is 0 Å². The minimum absolute atomic E-state index is 0.425. The molecular formula is C15H21N. The molecule has 0 amide bonds. The summed E-state index contributed by atoms with van der Waals surface area (Å²) in [6.45, 7) is 4.30. The van der Waals surface area contributed by atoms with Gasteiger partial charge in [-0.05, 0) is 44.9 Å². The number of unbranched alkanes of at least 4 members (excludes halogenated alkanes) is 1. The molecule has 1 atom stereocenters. The molecule has 0 fully saturated rings. The number of benzene rings is 1. The van der Waals surface area contributed by atoms with Crippen LogP contribution in [-0.4, -0.2) is 7.05 Å². The van der Waals surface area contributed by atoms with Gasteiger partial charge in [-0.2, -0.15) is 0 Å². The lowest BCUT2D eigenvalue weighted by Gasteiger charge is -2.18. The van der Waals surface area contributed by atoms with E-state index >= 15 is 0 Å². The molecule has 0 spiro atoms. The normalized spacial score (nSPS) is 12.1. The predicted molar refractivity (Wildman–Crippen MR) is 70.4 cm³/mol. The van der Waals surface area contributed by atoms with E-state index in [0.29, 0.717) is 6.04 Å². The standard InChI is InChI=1S/C15H21N/c1-5-6-7-8-15(16-4)14-10-9-12(2)11-13(14)3/h1,9-11,15-16H,6-8H2,2-4H3. The largest absolute Gasteiger partial charge is 0.313 e. The Morgan fingerprint density at radius 1 is 1.38 bits per heavy atom. The zero-order valence-corrected chi connectivity index (χ0v) is 10.5. The molecule has 1 aromatic carbocycles. The van der Waals surface area contributed by atoms with Gasteiger partial charge in [0.25, 0.3) is 0 Å². The maximum atomic E-state index is 5.27. The first kappa shape index (κ1) is 12.8. The van der Waals surface area contributed by atoms with Crippen LogP contribution in [0.4, 0.5) is 0 Å². The zero-order valence-electron chi connectivity index (χ0n) is 10.5. The summed E-state index contributed by atoms with van der Waals surface area (Å²) in [5, 5.41) is 3.37. The van der Waals surface area contributed by atoms with Crippen molar-refractivity contribution in [3.05, 3.63) is 34.9 Å². The lowest BCUT2D eigenvalue weighted by Crippen LogP contribution is -2.17.